The summed E-state index contributed by atoms with van der Waals surface area (Å²) < 4.78 is 18.2. The maximum absolute atomic E-state index is 13.2. The van der Waals surface area contributed by atoms with Crippen LogP contribution in [0.1, 0.15) is 10.4 Å². The zero-order chi connectivity index (χ0) is 12.7. The molecule has 0 spiro atoms. The van der Waals surface area contributed by atoms with E-state index in [0.717, 1.165) is 6.07 Å². The van der Waals surface area contributed by atoms with Gasteiger partial charge in [0.15, 0.2) is 0 Å². The number of carboxylic acid groups (broad SMARTS) is 1. The third kappa shape index (κ3) is 4.38. The van der Waals surface area contributed by atoms with Gasteiger partial charge in [0.2, 0.25) is 0 Å². The van der Waals surface area contributed by atoms with E-state index in [2.05, 4.69) is 5.32 Å². The molecule has 5 nitrogen and oxygen atoms in total. The minimum Gasteiger partial charge on any atom is -0.478 e. The Labute approximate surface area is 97.8 Å². The van der Waals surface area contributed by atoms with E-state index < -0.39 is 11.8 Å². The zero-order valence-corrected chi connectivity index (χ0v) is 9.15. The SMILES string of the molecule is O=C(O)c1ccc(NCCOCCO)cc1F. The summed E-state index contributed by atoms with van der Waals surface area (Å²) in [6.07, 6.45) is 0. The average molecular weight is 243 g/mol. The molecule has 0 saturated carbocycles. The molecule has 0 amide bonds. The Morgan fingerprint density at radius 2 is 2.18 bits per heavy atom. The molecule has 1 rings (SSSR count). The van der Waals surface area contributed by atoms with Crippen LogP contribution in [0.25, 0.3) is 0 Å². The molecule has 0 saturated heterocycles. The number of halogens is 1. The highest BCUT2D eigenvalue weighted by Gasteiger charge is 2.09. The van der Waals surface area contributed by atoms with Crippen LogP contribution in [0.4, 0.5) is 10.1 Å². The van der Waals surface area contributed by atoms with Crippen LogP contribution >= 0.6 is 0 Å². The second-order valence-electron chi connectivity index (χ2n) is 3.26. The highest BCUT2D eigenvalue weighted by molar-refractivity contribution is 5.88. The number of carboxylic acids is 1. The Kier molecular flexibility index (Phi) is 5.38. The molecule has 0 fully saturated rings. The van der Waals surface area contributed by atoms with E-state index in [1.807, 2.05) is 0 Å². The highest BCUT2D eigenvalue weighted by Crippen LogP contribution is 2.14. The van der Waals surface area contributed by atoms with Crippen molar-refractivity contribution in [1.82, 2.24) is 0 Å². The Bertz CT molecular complexity index is 384. The van der Waals surface area contributed by atoms with Crippen LogP contribution in [-0.2, 0) is 4.74 Å². The number of aliphatic hydroxyl groups excluding tert-OH is 1. The Hall–Kier alpha value is -1.66. The van der Waals surface area contributed by atoms with Crippen molar-refractivity contribution in [2.24, 2.45) is 0 Å². The molecule has 1 aromatic carbocycles. The molecule has 0 atom stereocenters. The van der Waals surface area contributed by atoms with Gasteiger partial charge in [-0.15, -0.1) is 0 Å². The maximum Gasteiger partial charge on any atom is 0.338 e. The van der Waals surface area contributed by atoms with E-state index in [0.29, 0.717) is 18.8 Å². The van der Waals surface area contributed by atoms with Crippen molar-refractivity contribution in [2.45, 2.75) is 0 Å². The molecule has 0 aliphatic heterocycles. The summed E-state index contributed by atoms with van der Waals surface area (Å²) in [6, 6.07) is 3.81. The molecule has 94 valence electrons. The van der Waals surface area contributed by atoms with Gasteiger partial charge >= 0.3 is 5.97 Å². The normalized spacial score (nSPS) is 10.2. The molecular formula is C11H14FNO4. The van der Waals surface area contributed by atoms with E-state index in [-0.39, 0.29) is 18.8 Å². The number of nitrogens with one attached hydrogen (secondary N) is 1. The summed E-state index contributed by atoms with van der Waals surface area (Å²) in [5.41, 5.74) is 0.132. The summed E-state index contributed by atoms with van der Waals surface area (Å²) in [7, 11) is 0. The molecule has 0 heterocycles. The quantitative estimate of drug-likeness (QED) is 0.621. The Balaban J connectivity index is 2.45. The van der Waals surface area contributed by atoms with Crippen molar-refractivity contribution in [2.75, 3.05) is 31.7 Å². The van der Waals surface area contributed by atoms with Crippen molar-refractivity contribution in [3.8, 4) is 0 Å². The largest absolute Gasteiger partial charge is 0.478 e. The van der Waals surface area contributed by atoms with Crippen LogP contribution in [0.5, 0.6) is 0 Å². The Morgan fingerprint density at radius 1 is 1.41 bits per heavy atom. The molecule has 0 aliphatic carbocycles. The lowest BCUT2D eigenvalue weighted by Crippen LogP contribution is -2.11. The average Bonchev–Trinajstić information content (AvgIpc) is 2.28. The summed E-state index contributed by atoms with van der Waals surface area (Å²) in [5.74, 6) is -2.07. The van der Waals surface area contributed by atoms with Crippen LogP contribution in [0, 0.1) is 5.82 Å². The van der Waals surface area contributed by atoms with E-state index in [1.165, 1.54) is 12.1 Å². The lowest BCUT2D eigenvalue weighted by Gasteiger charge is -2.07. The number of carbonyl (C=O) groups is 1. The molecule has 0 radical (unpaired) electrons. The molecule has 0 aliphatic rings. The predicted octanol–water partition coefficient (Wildman–Crippen LogP) is 0.945. The zero-order valence-electron chi connectivity index (χ0n) is 9.15. The minimum atomic E-state index is -1.29. The van der Waals surface area contributed by atoms with Gasteiger partial charge in [-0.25, -0.2) is 9.18 Å². The number of hydrogen-bond acceptors (Lipinski definition) is 4. The number of anilines is 1. The molecule has 3 N–H and O–H groups in total. The van der Waals surface area contributed by atoms with Gasteiger partial charge in [0, 0.05) is 12.2 Å². The van der Waals surface area contributed by atoms with Crippen molar-refractivity contribution in [3.63, 3.8) is 0 Å². The van der Waals surface area contributed by atoms with Crippen LogP contribution in [0.15, 0.2) is 18.2 Å². The van der Waals surface area contributed by atoms with Crippen LogP contribution in [0.2, 0.25) is 0 Å². The summed E-state index contributed by atoms with van der Waals surface area (Å²) in [6.45, 7) is 1.05. The topological polar surface area (TPSA) is 78.8 Å². The molecule has 0 bridgehead atoms. The summed E-state index contributed by atoms with van der Waals surface area (Å²) >= 11 is 0. The predicted molar refractivity (Wildman–Crippen MR) is 59.8 cm³/mol. The first kappa shape index (κ1) is 13.4. The summed E-state index contributed by atoms with van der Waals surface area (Å²) in [4.78, 5) is 10.6. The van der Waals surface area contributed by atoms with E-state index >= 15 is 0 Å². The second kappa shape index (κ2) is 6.82. The highest BCUT2D eigenvalue weighted by atomic mass is 19.1. The lowest BCUT2D eigenvalue weighted by atomic mass is 10.2. The monoisotopic (exact) mass is 243 g/mol. The van der Waals surface area contributed by atoms with E-state index in [1.54, 1.807) is 0 Å². The van der Waals surface area contributed by atoms with Crippen molar-refractivity contribution in [3.05, 3.63) is 29.6 Å². The van der Waals surface area contributed by atoms with E-state index in [9.17, 15) is 9.18 Å². The number of aliphatic hydroxyl groups is 1. The minimum absolute atomic E-state index is 0.0397. The fourth-order valence-corrected chi connectivity index (χ4v) is 1.23. The van der Waals surface area contributed by atoms with Gasteiger partial charge in [-0.1, -0.05) is 0 Å². The van der Waals surface area contributed by atoms with Crippen LogP contribution in [0.3, 0.4) is 0 Å². The smallest absolute Gasteiger partial charge is 0.338 e. The number of benzene rings is 1. The fourth-order valence-electron chi connectivity index (χ4n) is 1.23. The van der Waals surface area contributed by atoms with Crippen molar-refractivity contribution < 1.29 is 24.1 Å². The number of aromatic carboxylic acids is 1. The maximum atomic E-state index is 13.2. The van der Waals surface area contributed by atoms with Gasteiger partial charge in [-0.2, -0.15) is 0 Å². The van der Waals surface area contributed by atoms with Crippen molar-refractivity contribution >= 4 is 11.7 Å². The third-order valence-corrected chi connectivity index (χ3v) is 2.01. The molecule has 17 heavy (non-hydrogen) atoms. The van der Waals surface area contributed by atoms with Gasteiger partial charge in [0.1, 0.15) is 5.82 Å². The van der Waals surface area contributed by atoms with Gasteiger partial charge in [0.05, 0.1) is 25.4 Å². The first-order valence-electron chi connectivity index (χ1n) is 5.10. The van der Waals surface area contributed by atoms with E-state index in [4.69, 9.17) is 14.9 Å². The molecular weight excluding hydrogens is 229 g/mol. The summed E-state index contributed by atoms with van der Waals surface area (Å²) in [5, 5.41) is 19.9. The van der Waals surface area contributed by atoms with Crippen LogP contribution in [-0.4, -0.2) is 42.5 Å². The van der Waals surface area contributed by atoms with Crippen molar-refractivity contribution in [1.29, 1.82) is 0 Å². The molecule has 6 heteroatoms. The lowest BCUT2D eigenvalue weighted by molar-refractivity contribution is 0.0692. The molecule has 1 aromatic rings. The first-order chi connectivity index (χ1) is 8.15. The van der Waals surface area contributed by atoms with Gasteiger partial charge in [0.25, 0.3) is 0 Å². The van der Waals surface area contributed by atoms with Gasteiger partial charge < -0.3 is 20.3 Å². The van der Waals surface area contributed by atoms with Crippen LogP contribution < -0.4 is 5.32 Å². The number of hydrogen-bond donors (Lipinski definition) is 3. The third-order valence-electron chi connectivity index (χ3n) is 2.01. The number of rotatable bonds is 7. The Morgan fingerprint density at radius 3 is 2.76 bits per heavy atom. The first-order valence-corrected chi connectivity index (χ1v) is 5.10. The second-order valence-corrected chi connectivity index (χ2v) is 3.26. The fraction of sp³-hybridized carbons (Fsp3) is 0.364. The van der Waals surface area contributed by atoms with Gasteiger partial charge in [-0.05, 0) is 18.2 Å². The number of ether oxygens (including phenoxy) is 1. The molecule has 0 unspecified atom stereocenters. The van der Waals surface area contributed by atoms with Gasteiger partial charge in [-0.3, -0.25) is 0 Å². The standard InChI is InChI=1S/C11H14FNO4/c12-10-7-8(1-2-9(10)11(15)16)13-3-5-17-6-4-14/h1-2,7,13-14H,3-6H2,(H,15,16). The molecule has 0 aromatic heterocycles.